The third-order valence-corrected chi connectivity index (χ3v) is 4.99. The largest absolute Gasteiger partial charge is 0.454 e. The van der Waals surface area contributed by atoms with Crippen molar-refractivity contribution in [1.82, 2.24) is 15.5 Å². The van der Waals surface area contributed by atoms with Gasteiger partial charge >= 0.3 is 6.03 Å². The summed E-state index contributed by atoms with van der Waals surface area (Å²) in [6, 6.07) is 12.1. The molecule has 0 saturated carbocycles. The number of amides is 4. The first-order valence-electron chi connectivity index (χ1n) is 9.50. The number of carbonyl (C=O) groups excluding carboxylic acids is 3. The van der Waals surface area contributed by atoms with E-state index in [1.807, 2.05) is 6.07 Å². The van der Waals surface area contributed by atoms with Crippen molar-refractivity contribution >= 4 is 17.8 Å². The summed E-state index contributed by atoms with van der Waals surface area (Å²) in [6.45, 7) is -0.0867. The molecule has 2 aliphatic heterocycles. The van der Waals surface area contributed by atoms with Gasteiger partial charge in [-0.3, -0.25) is 14.5 Å². The lowest BCUT2D eigenvalue weighted by Gasteiger charge is -2.18. The van der Waals surface area contributed by atoms with Gasteiger partial charge in [0.2, 0.25) is 12.7 Å². The summed E-state index contributed by atoms with van der Waals surface area (Å²) in [6.07, 6.45) is -0.217. The highest BCUT2D eigenvalue weighted by atomic mass is 16.7. The van der Waals surface area contributed by atoms with E-state index in [0.717, 1.165) is 10.5 Å². The summed E-state index contributed by atoms with van der Waals surface area (Å²) in [4.78, 5) is 38.4. The predicted molar refractivity (Wildman–Crippen MR) is 104 cm³/mol. The highest BCUT2D eigenvalue weighted by Gasteiger charge is 2.39. The standard InChI is InChI=1S/C21H21N3O6/c25-11-16(14-4-2-1-3-5-14)22-19(26)9-15-20(27)24(21(28)23-15)10-13-6-7-17-18(8-13)30-12-29-17/h1-8,15-16,25H,9-12H2,(H,22,26)(H,23,28)/t15-,16+/m0/s1. The van der Waals surface area contributed by atoms with Crippen molar-refractivity contribution in [2.24, 2.45) is 0 Å². The first-order valence-corrected chi connectivity index (χ1v) is 9.50. The summed E-state index contributed by atoms with van der Waals surface area (Å²) in [7, 11) is 0. The van der Waals surface area contributed by atoms with Crippen LogP contribution in [0.15, 0.2) is 48.5 Å². The Labute approximate surface area is 172 Å². The molecule has 30 heavy (non-hydrogen) atoms. The van der Waals surface area contributed by atoms with Crippen molar-refractivity contribution in [3.8, 4) is 11.5 Å². The Morgan fingerprint density at radius 2 is 1.93 bits per heavy atom. The first-order chi connectivity index (χ1) is 14.5. The molecule has 2 aliphatic rings. The fraction of sp³-hybridized carbons (Fsp3) is 0.286. The van der Waals surface area contributed by atoms with E-state index in [1.54, 1.807) is 42.5 Å². The van der Waals surface area contributed by atoms with E-state index in [1.165, 1.54) is 0 Å². The number of hydrogen-bond acceptors (Lipinski definition) is 6. The van der Waals surface area contributed by atoms with E-state index in [0.29, 0.717) is 17.1 Å². The van der Waals surface area contributed by atoms with Gasteiger partial charge in [-0.25, -0.2) is 4.79 Å². The van der Waals surface area contributed by atoms with Crippen LogP contribution >= 0.6 is 0 Å². The Bertz CT molecular complexity index is 964. The second-order valence-electron chi connectivity index (χ2n) is 7.03. The van der Waals surface area contributed by atoms with Crippen molar-refractivity contribution in [3.05, 3.63) is 59.7 Å². The van der Waals surface area contributed by atoms with E-state index in [4.69, 9.17) is 9.47 Å². The number of imide groups is 1. The van der Waals surface area contributed by atoms with Crippen LogP contribution in [0.25, 0.3) is 0 Å². The highest BCUT2D eigenvalue weighted by Crippen LogP contribution is 2.33. The van der Waals surface area contributed by atoms with E-state index in [-0.39, 0.29) is 26.4 Å². The van der Waals surface area contributed by atoms with E-state index >= 15 is 0 Å². The van der Waals surface area contributed by atoms with Gasteiger partial charge in [-0.05, 0) is 23.3 Å². The topological polar surface area (TPSA) is 117 Å². The quantitative estimate of drug-likeness (QED) is 0.587. The number of fused-ring (bicyclic) bond motifs is 1. The molecule has 1 saturated heterocycles. The van der Waals surface area contributed by atoms with Crippen molar-refractivity contribution in [2.45, 2.75) is 25.0 Å². The monoisotopic (exact) mass is 411 g/mol. The van der Waals surface area contributed by atoms with E-state index in [2.05, 4.69) is 10.6 Å². The average molecular weight is 411 g/mol. The zero-order valence-electron chi connectivity index (χ0n) is 16.0. The Morgan fingerprint density at radius 1 is 1.17 bits per heavy atom. The lowest BCUT2D eigenvalue weighted by Crippen LogP contribution is -2.38. The molecule has 1 fully saturated rings. The number of ether oxygens (including phenoxy) is 2. The highest BCUT2D eigenvalue weighted by molar-refractivity contribution is 6.05. The van der Waals surface area contributed by atoms with Crippen LogP contribution in [-0.4, -0.2) is 47.3 Å². The second-order valence-corrected chi connectivity index (χ2v) is 7.03. The summed E-state index contributed by atoms with van der Waals surface area (Å²) < 4.78 is 10.6. The van der Waals surface area contributed by atoms with Gasteiger partial charge < -0.3 is 25.2 Å². The van der Waals surface area contributed by atoms with Crippen LogP contribution in [0.3, 0.4) is 0 Å². The molecule has 2 aromatic carbocycles. The molecule has 0 radical (unpaired) electrons. The van der Waals surface area contributed by atoms with Crippen LogP contribution in [0.4, 0.5) is 4.79 Å². The maximum Gasteiger partial charge on any atom is 0.325 e. The normalized spacial score (nSPS) is 18.3. The Balaban J connectivity index is 1.37. The number of urea groups is 1. The third-order valence-electron chi connectivity index (χ3n) is 4.99. The molecule has 2 heterocycles. The maximum absolute atomic E-state index is 12.7. The van der Waals surface area contributed by atoms with Crippen LogP contribution in [0, 0.1) is 0 Å². The number of nitrogens with zero attached hydrogens (tertiary/aromatic N) is 1. The molecule has 4 rings (SSSR count). The number of hydrogen-bond donors (Lipinski definition) is 3. The van der Waals surface area contributed by atoms with Crippen LogP contribution in [-0.2, 0) is 16.1 Å². The second kappa shape index (κ2) is 8.42. The van der Waals surface area contributed by atoms with Gasteiger partial charge in [-0.15, -0.1) is 0 Å². The van der Waals surface area contributed by atoms with Gasteiger partial charge in [-0.1, -0.05) is 36.4 Å². The average Bonchev–Trinajstić information content (AvgIpc) is 3.32. The lowest BCUT2D eigenvalue weighted by molar-refractivity contribution is -0.131. The summed E-state index contributed by atoms with van der Waals surface area (Å²) >= 11 is 0. The van der Waals surface area contributed by atoms with Crippen LogP contribution in [0.2, 0.25) is 0 Å². The van der Waals surface area contributed by atoms with Gasteiger partial charge in [0.05, 0.1) is 25.6 Å². The molecule has 9 nitrogen and oxygen atoms in total. The van der Waals surface area contributed by atoms with Crippen molar-refractivity contribution < 1.29 is 29.0 Å². The molecule has 2 atom stereocenters. The smallest absolute Gasteiger partial charge is 0.325 e. The Kier molecular flexibility index (Phi) is 5.53. The zero-order valence-corrected chi connectivity index (χ0v) is 16.0. The molecule has 3 N–H and O–H groups in total. The Morgan fingerprint density at radius 3 is 2.70 bits per heavy atom. The molecule has 4 amide bonds. The summed E-state index contributed by atoms with van der Waals surface area (Å²) in [5.41, 5.74) is 1.46. The molecule has 2 aromatic rings. The van der Waals surface area contributed by atoms with Gasteiger partial charge in [0.15, 0.2) is 11.5 Å². The van der Waals surface area contributed by atoms with E-state index < -0.39 is 29.9 Å². The molecular weight excluding hydrogens is 390 g/mol. The van der Waals surface area contributed by atoms with E-state index in [9.17, 15) is 19.5 Å². The van der Waals surface area contributed by atoms with Crippen molar-refractivity contribution in [2.75, 3.05) is 13.4 Å². The van der Waals surface area contributed by atoms with Crippen molar-refractivity contribution in [1.29, 1.82) is 0 Å². The molecular formula is C21H21N3O6. The molecule has 0 aliphatic carbocycles. The summed E-state index contributed by atoms with van der Waals surface area (Å²) in [5.74, 6) is 0.253. The first kappa shape index (κ1) is 19.7. The number of rotatable bonds is 7. The fourth-order valence-corrected chi connectivity index (χ4v) is 3.45. The van der Waals surface area contributed by atoms with Gasteiger partial charge in [-0.2, -0.15) is 0 Å². The third kappa shape index (κ3) is 4.06. The summed E-state index contributed by atoms with van der Waals surface area (Å²) in [5, 5.41) is 14.8. The van der Waals surface area contributed by atoms with Gasteiger partial charge in [0.25, 0.3) is 5.91 Å². The van der Waals surface area contributed by atoms with Gasteiger partial charge in [0.1, 0.15) is 6.04 Å². The molecule has 0 unspecified atom stereocenters. The van der Waals surface area contributed by atoms with Crippen LogP contribution in [0.1, 0.15) is 23.6 Å². The lowest BCUT2D eigenvalue weighted by atomic mass is 10.1. The zero-order chi connectivity index (χ0) is 21.1. The predicted octanol–water partition coefficient (Wildman–Crippen LogP) is 1.08. The number of nitrogens with one attached hydrogen (secondary N) is 2. The molecule has 0 aromatic heterocycles. The fourth-order valence-electron chi connectivity index (χ4n) is 3.45. The maximum atomic E-state index is 12.7. The van der Waals surface area contributed by atoms with Crippen molar-refractivity contribution in [3.63, 3.8) is 0 Å². The Hall–Kier alpha value is -3.59. The van der Waals surface area contributed by atoms with Crippen LogP contribution in [0.5, 0.6) is 11.5 Å². The molecule has 9 heteroatoms. The number of aliphatic hydroxyl groups is 1. The SMILES string of the molecule is O=C(C[C@@H]1NC(=O)N(Cc2ccc3c(c2)OCO3)C1=O)N[C@H](CO)c1ccccc1. The number of carbonyl (C=O) groups is 3. The molecule has 156 valence electrons. The minimum atomic E-state index is -0.957. The van der Waals surface area contributed by atoms with Gasteiger partial charge in [0, 0.05) is 0 Å². The number of benzene rings is 2. The molecule has 0 spiro atoms. The minimum absolute atomic E-state index is 0.0582. The minimum Gasteiger partial charge on any atom is -0.454 e. The van der Waals surface area contributed by atoms with Crippen LogP contribution < -0.4 is 20.1 Å². The number of aliphatic hydroxyl groups excluding tert-OH is 1. The molecule has 0 bridgehead atoms.